The van der Waals surface area contributed by atoms with E-state index >= 15 is 0 Å². The maximum atomic E-state index is 9.54. The first-order valence-corrected chi connectivity index (χ1v) is 5.86. The number of fused-ring (bicyclic) bond motifs is 5. The Morgan fingerprint density at radius 1 is 0.778 bits per heavy atom. The van der Waals surface area contributed by atoms with Crippen molar-refractivity contribution in [3.05, 3.63) is 54.6 Å². The van der Waals surface area contributed by atoms with Crippen molar-refractivity contribution in [2.75, 3.05) is 0 Å². The molecule has 1 N–H and O–H groups in total. The minimum atomic E-state index is 0.287. The Balaban J connectivity index is 2.32. The normalized spacial score (nSPS) is 11.6. The first-order chi connectivity index (χ1) is 8.83. The SMILES string of the molecule is Oc1ccc2c(ccc3oc4ccccc4c32)c1. The van der Waals surface area contributed by atoms with Crippen molar-refractivity contribution in [3.63, 3.8) is 0 Å². The van der Waals surface area contributed by atoms with E-state index in [-0.39, 0.29) is 5.75 Å². The van der Waals surface area contributed by atoms with Crippen LogP contribution in [0.1, 0.15) is 0 Å². The van der Waals surface area contributed by atoms with Crippen LogP contribution in [0.2, 0.25) is 0 Å². The first kappa shape index (κ1) is 9.54. The quantitative estimate of drug-likeness (QED) is 0.487. The number of hydrogen-bond donors (Lipinski definition) is 1. The molecule has 4 rings (SSSR count). The molecule has 0 radical (unpaired) electrons. The Labute approximate surface area is 103 Å². The number of aromatic hydroxyl groups is 1. The summed E-state index contributed by atoms with van der Waals surface area (Å²) in [6, 6.07) is 17.4. The van der Waals surface area contributed by atoms with Gasteiger partial charge in [0.1, 0.15) is 16.9 Å². The molecule has 0 atom stereocenters. The van der Waals surface area contributed by atoms with Gasteiger partial charge in [-0.15, -0.1) is 0 Å². The zero-order chi connectivity index (χ0) is 12.1. The van der Waals surface area contributed by atoms with Gasteiger partial charge in [-0.25, -0.2) is 0 Å². The number of hydrogen-bond acceptors (Lipinski definition) is 2. The van der Waals surface area contributed by atoms with Gasteiger partial charge in [-0.1, -0.05) is 24.3 Å². The molecule has 18 heavy (non-hydrogen) atoms. The second-order valence-corrected chi connectivity index (χ2v) is 4.44. The fourth-order valence-electron chi connectivity index (χ4n) is 2.54. The molecule has 4 aromatic rings. The average molecular weight is 234 g/mol. The molecular weight excluding hydrogens is 224 g/mol. The summed E-state index contributed by atoms with van der Waals surface area (Å²) < 4.78 is 5.83. The molecule has 1 heterocycles. The third-order valence-electron chi connectivity index (χ3n) is 3.34. The highest BCUT2D eigenvalue weighted by atomic mass is 16.3. The lowest BCUT2D eigenvalue weighted by Crippen LogP contribution is -1.74. The van der Waals surface area contributed by atoms with Gasteiger partial charge in [0.15, 0.2) is 0 Å². The van der Waals surface area contributed by atoms with E-state index in [1.807, 2.05) is 36.4 Å². The number of rotatable bonds is 0. The van der Waals surface area contributed by atoms with Crippen molar-refractivity contribution < 1.29 is 9.52 Å². The van der Waals surface area contributed by atoms with Gasteiger partial charge in [0.2, 0.25) is 0 Å². The van der Waals surface area contributed by atoms with Crippen LogP contribution in [0, 0.1) is 0 Å². The van der Waals surface area contributed by atoms with Crippen LogP contribution in [0.4, 0.5) is 0 Å². The van der Waals surface area contributed by atoms with E-state index in [1.165, 1.54) is 0 Å². The summed E-state index contributed by atoms with van der Waals surface area (Å²) in [5.41, 5.74) is 1.78. The van der Waals surface area contributed by atoms with E-state index in [1.54, 1.807) is 12.1 Å². The number of phenolic OH excluding ortho intramolecular Hbond substituents is 1. The maximum absolute atomic E-state index is 9.54. The summed E-state index contributed by atoms with van der Waals surface area (Å²) in [4.78, 5) is 0. The lowest BCUT2D eigenvalue weighted by atomic mass is 10.0. The third kappa shape index (κ3) is 1.17. The summed E-state index contributed by atoms with van der Waals surface area (Å²) in [7, 11) is 0. The lowest BCUT2D eigenvalue weighted by molar-refractivity contribution is 0.476. The smallest absolute Gasteiger partial charge is 0.136 e. The third-order valence-corrected chi connectivity index (χ3v) is 3.34. The van der Waals surface area contributed by atoms with Gasteiger partial charge in [-0.2, -0.15) is 0 Å². The van der Waals surface area contributed by atoms with Crippen LogP contribution in [0.15, 0.2) is 59.0 Å². The van der Waals surface area contributed by atoms with Gasteiger partial charge in [-0.05, 0) is 41.1 Å². The van der Waals surface area contributed by atoms with Gasteiger partial charge in [0.05, 0.1) is 0 Å². The highest BCUT2D eigenvalue weighted by molar-refractivity contribution is 6.18. The Hall–Kier alpha value is -2.48. The van der Waals surface area contributed by atoms with E-state index < -0.39 is 0 Å². The molecule has 0 saturated carbocycles. The predicted molar refractivity (Wildman–Crippen MR) is 72.9 cm³/mol. The van der Waals surface area contributed by atoms with Crippen molar-refractivity contribution >= 4 is 32.7 Å². The summed E-state index contributed by atoms with van der Waals surface area (Å²) in [6.45, 7) is 0. The highest BCUT2D eigenvalue weighted by Gasteiger charge is 2.09. The lowest BCUT2D eigenvalue weighted by Gasteiger charge is -2.00. The molecule has 0 unspecified atom stereocenters. The summed E-state index contributed by atoms with van der Waals surface area (Å²) in [5, 5.41) is 13.9. The van der Waals surface area contributed by atoms with Crippen LogP contribution in [0.25, 0.3) is 32.7 Å². The molecule has 86 valence electrons. The van der Waals surface area contributed by atoms with Gasteiger partial charge in [0.25, 0.3) is 0 Å². The number of furan rings is 1. The second-order valence-electron chi connectivity index (χ2n) is 4.44. The van der Waals surface area contributed by atoms with Crippen molar-refractivity contribution in [2.45, 2.75) is 0 Å². The van der Waals surface area contributed by atoms with Crippen LogP contribution in [0.3, 0.4) is 0 Å². The van der Waals surface area contributed by atoms with Crippen LogP contribution >= 0.6 is 0 Å². The van der Waals surface area contributed by atoms with E-state index in [0.717, 1.165) is 32.7 Å². The van der Waals surface area contributed by atoms with E-state index in [4.69, 9.17) is 4.42 Å². The number of benzene rings is 3. The fourth-order valence-corrected chi connectivity index (χ4v) is 2.54. The molecular formula is C16H10O2. The maximum Gasteiger partial charge on any atom is 0.136 e. The number of phenols is 1. The zero-order valence-corrected chi connectivity index (χ0v) is 9.55. The molecule has 0 aliphatic rings. The minimum absolute atomic E-state index is 0.287. The average Bonchev–Trinajstić information content (AvgIpc) is 2.77. The van der Waals surface area contributed by atoms with Crippen LogP contribution < -0.4 is 0 Å². The first-order valence-electron chi connectivity index (χ1n) is 5.86. The van der Waals surface area contributed by atoms with Gasteiger partial charge < -0.3 is 9.52 Å². The summed E-state index contributed by atoms with van der Waals surface area (Å²) in [6.07, 6.45) is 0. The summed E-state index contributed by atoms with van der Waals surface area (Å²) in [5.74, 6) is 0.287. The molecule has 0 fully saturated rings. The van der Waals surface area contributed by atoms with Crippen LogP contribution in [-0.4, -0.2) is 5.11 Å². The largest absolute Gasteiger partial charge is 0.508 e. The van der Waals surface area contributed by atoms with Gasteiger partial charge in [0, 0.05) is 10.8 Å². The van der Waals surface area contributed by atoms with Crippen molar-refractivity contribution in [2.24, 2.45) is 0 Å². The number of para-hydroxylation sites is 1. The molecule has 0 bridgehead atoms. The van der Waals surface area contributed by atoms with E-state index in [2.05, 4.69) is 6.07 Å². The Bertz CT molecular complexity index is 887. The van der Waals surface area contributed by atoms with Crippen molar-refractivity contribution in [1.82, 2.24) is 0 Å². The minimum Gasteiger partial charge on any atom is -0.508 e. The predicted octanol–water partition coefficient (Wildman–Crippen LogP) is 4.44. The van der Waals surface area contributed by atoms with Gasteiger partial charge >= 0.3 is 0 Å². The molecule has 2 nitrogen and oxygen atoms in total. The molecule has 3 aromatic carbocycles. The monoisotopic (exact) mass is 234 g/mol. The molecule has 2 heteroatoms. The van der Waals surface area contributed by atoms with Crippen molar-refractivity contribution in [3.8, 4) is 5.75 Å². The van der Waals surface area contributed by atoms with Gasteiger partial charge in [-0.3, -0.25) is 0 Å². The topological polar surface area (TPSA) is 33.4 Å². The Morgan fingerprint density at radius 3 is 2.61 bits per heavy atom. The summed E-state index contributed by atoms with van der Waals surface area (Å²) >= 11 is 0. The van der Waals surface area contributed by atoms with Crippen molar-refractivity contribution in [1.29, 1.82) is 0 Å². The zero-order valence-electron chi connectivity index (χ0n) is 9.55. The van der Waals surface area contributed by atoms with Crippen LogP contribution in [-0.2, 0) is 0 Å². The molecule has 1 aromatic heterocycles. The highest BCUT2D eigenvalue weighted by Crippen LogP contribution is 2.35. The van der Waals surface area contributed by atoms with Crippen LogP contribution in [0.5, 0.6) is 5.75 Å². The van der Waals surface area contributed by atoms with E-state index in [9.17, 15) is 5.11 Å². The molecule has 0 saturated heterocycles. The molecule has 0 spiro atoms. The molecule has 0 aliphatic carbocycles. The fraction of sp³-hybridized carbons (Fsp3) is 0. The molecule has 0 amide bonds. The second kappa shape index (κ2) is 3.26. The Morgan fingerprint density at radius 2 is 1.67 bits per heavy atom. The standard InChI is InChI=1S/C16H10O2/c17-11-6-7-12-10(9-11)5-8-15-16(12)13-3-1-2-4-14(13)18-15/h1-9,17H. The Kier molecular flexibility index (Phi) is 1.73. The van der Waals surface area contributed by atoms with E-state index in [0.29, 0.717) is 0 Å². The molecule has 0 aliphatic heterocycles.